The molecule has 1 aromatic heterocycles. The van der Waals surface area contributed by atoms with Gasteiger partial charge in [0.15, 0.2) is 11.6 Å². The summed E-state index contributed by atoms with van der Waals surface area (Å²) in [4.78, 5) is 3.08. The van der Waals surface area contributed by atoms with Crippen molar-refractivity contribution in [2.45, 2.75) is 4.90 Å². The molecule has 0 spiro atoms. The first-order chi connectivity index (χ1) is 9.31. The highest BCUT2D eigenvalue weighted by molar-refractivity contribution is 7.92. The van der Waals surface area contributed by atoms with Gasteiger partial charge in [-0.2, -0.15) is 0 Å². The van der Waals surface area contributed by atoms with Gasteiger partial charge in [0.25, 0.3) is 10.0 Å². The van der Waals surface area contributed by atoms with E-state index in [0.717, 1.165) is 12.1 Å². The van der Waals surface area contributed by atoms with Gasteiger partial charge in [-0.3, -0.25) is 4.72 Å². The van der Waals surface area contributed by atoms with Crippen molar-refractivity contribution in [2.75, 3.05) is 10.5 Å². The summed E-state index contributed by atoms with van der Waals surface area (Å²) in [6.45, 7) is 0. The van der Waals surface area contributed by atoms with Crippen LogP contribution in [0.3, 0.4) is 0 Å². The minimum absolute atomic E-state index is 0.0175. The van der Waals surface area contributed by atoms with Crippen LogP contribution in [0.5, 0.6) is 0 Å². The fourth-order valence-electron chi connectivity index (χ4n) is 1.42. The van der Waals surface area contributed by atoms with E-state index in [1.54, 1.807) is 0 Å². The Hall–Kier alpha value is -1.57. The molecule has 1 aromatic carbocycles. The number of aromatic nitrogens is 1. The largest absolute Gasteiger partial charge is 0.399 e. The summed E-state index contributed by atoms with van der Waals surface area (Å²) in [7, 11) is -4.25. The van der Waals surface area contributed by atoms with Crippen molar-refractivity contribution in [3.63, 3.8) is 0 Å². The van der Waals surface area contributed by atoms with Gasteiger partial charge in [-0.05, 0) is 24.3 Å². The van der Waals surface area contributed by atoms with Crippen LogP contribution in [0.2, 0.25) is 10.0 Å². The molecule has 9 heteroatoms. The predicted molar refractivity (Wildman–Crippen MR) is 75.9 cm³/mol. The van der Waals surface area contributed by atoms with Gasteiger partial charge in [0.05, 0.1) is 10.0 Å². The molecular formula is C11H8Cl2FN3O2S. The third kappa shape index (κ3) is 2.95. The Morgan fingerprint density at radius 1 is 1.25 bits per heavy atom. The zero-order valence-corrected chi connectivity index (χ0v) is 12.1. The van der Waals surface area contributed by atoms with E-state index in [2.05, 4.69) is 9.71 Å². The summed E-state index contributed by atoms with van der Waals surface area (Å²) in [5.41, 5.74) is 5.48. The van der Waals surface area contributed by atoms with Crippen LogP contribution in [0.4, 0.5) is 15.9 Å². The Kier molecular flexibility index (Phi) is 4.03. The topological polar surface area (TPSA) is 85.1 Å². The fraction of sp³-hybridized carbons (Fsp3) is 0. The molecular weight excluding hydrogens is 328 g/mol. The number of hydrogen-bond donors (Lipinski definition) is 2. The molecule has 0 aliphatic rings. The number of sulfonamides is 1. The maximum atomic E-state index is 13.8. The minimum atomic E-state index is -4.25. The first-order valence-electron chi connectivity index (χ1n) is 5.19. The number of rotatable bonds is 3. The van der Waals surface area contributed by atoms with Crippen LogP contribution in [0.15, 0.2) is 35.4 Å². The molecule has 0 atom stereocenters. The predicted octanol–water partition coefficient (Wildman–Crippen LogP) is 2.91. The van der Waals surface area contributed by atoms with Gasteiger partial charge in [-0.25, -0.2) is 17.8 Å². The Morgan fingerprint density at radius 2 is 1.95 bits per heavy atom. The first kappa shape index (κ1) is 14.8. The number of anilines is 2. The summed E-state index contributed by atoms with van der Waals surface area (Å²) in [6, 6.07) is 5.04. The van der Waals surface area contributed by atoms with E-state index in [9.17, 15) is 12.8 Å². The molecule has 2 rings (SSSR count). The average Bonchev–Trinajstić information content (AvgIpc) is 2.36. The van der Waals surface area contributed by atoms with Crippen LogP contribution in [-0.2, 0) is 10.0 Å². The summed E-state index contributed by atoms with van der Waals surface area (Å²) in [6.07, 6.45) is 1.34. The number of hydrogen-bond acceptors (Lipinski definition) is 4. The van der Waals surface area contributed by atoms with Gasteiger partial charge in [0.2, 0.25) is 0 Å². The summed E-state index contributed by atoms with van der Waals surface area (Å²) in [5.74, 6) is -1.22. The SMILES string of the molecule is Nc1cc(Cl)c(F)c(S(=O)(=O)Nc2ncccc2Cl)c1. The van der Waals surface area contributed by atoms with E-state index in [0.29, 0.717) is 0 Å². The van der Waals surface area contributed by atoms with Gasteiger partial charge >= 0.3 is 0 Å². The summed E-state index contributed by atoms with van der Waals surface area (Å²) < 4.78 is 40.1. The Bertz CT molecular complexity index is 768. The number of halogens is 3. The molecule has 106 valence electrons. The van der Waals surface area contributed by atoms with Crippen LogP contribution in [0, 0.1) is 5.82 Å². The van der Waals surface area contributed by atoms with E-state index >= 15 is 0 Å². The zero-order chi connectivity index (χ0) is 14.9. The summed E-state index contributed by atoms with van der Waals surface area (Å²) in [5, 5.41) is -0.316. The number of nitrogens with one attached hydrogen (secondary N) is 1. The zero-order valence-electron chi connectivity index (χ0n) is 9.77. The van der Waals surface area contributed by atoms with Crippen molar-refractivity contribution in [2.24, 2.45) is 0 Å². The normalized spacial score (nSPS) is 11.3. The highest BCUT2D eigenvalue weighted by Gasteiger charge is 2.23. The first-order valence-corrected chi connectivity index (χ1v) is 7.43. The standard InChI is InChI=1S/C11H8Cl2FN3O2S/c12-7-2-1-3-16-11(7)17-20(18,19)9-5-6(15)4-8(13)10(9)14/h1-5H,15H2,(H,16,17). The van der Waals surface area contributed by atoms with Crippen molar-refractivity contribution in [1.29, 1.82) is 0 Å². The molecule has 0 unspecified atom stereocenters. The smallest absolute Gasteiger partial charge is 0.266 e. The molecule has 0 saturated heterocycles. The number of nitrogens with two attached hydrogens (primary N) is 1. The summed E-state index contributed by atoms with van der Waals surface area (Å²) >= 11 is 11.4. The lowest BCUT2D eigenvalue weighted by molar-refractivity contribution is 0.570. The van der Waals surface area contributed by atoms with Crippen molar-refractivity contribution >= 4 is 44.7 Å². The second-order valence-electron chi connectivity index (χ2n) is 3.75. The van der Waals surface area contributed by atoms with E-state index in [-0.39, 0.29) is 16.5 Å². The number of nitrogen functional groups attached to an aromatic ring is 1. The number of nitrogens with zero attached hydrogens (tertiary/aromatic N) is 1. The monoisotopic (exact) mass is 335 g/mol. The van der Waals surface area contributed by atoms with Crippen molar-refractivity contribution in [3.05, 3.63) is 46.3 Å². The Labute approximate surface area is 124 Å². The quantitative estimate of drug-likeness (QED) is 0.844. The molecule has 0 amide bonds. The molecule has 0 fully saturated rings. The third-order valence-corrected chi connectivity index (χ3v) is 4.21. The maximum absolute atomic E-state index is 13.8. The van der Waals surface area contributed by atoms with E-state index in [1.165, 1.54) is 18.3 Å². The van der Waals surface area contributed by atoms with Crippen molar-refractivity contribution < 1.29 is 12.8 Å². The average molecular weight is 336 g/mol. The van der Waals surface area contributed by atoms with Crippen LogP contribution >= 0.6 is 23.2 Å². The van der Waals surface area contributed by atoms with Gasteiger partial charge < -0.3 is 5.73 Å². The van der Waals surface area contributed by atoms with Gasteiger partial charge in [0.1, 0.15) is 4.90 Å². The van der Waals surface area contributed by atoms with Gasteiger partial charge in [0, 0.05) is 11.9 Å². The molecule has 0 aliphatic heterocycles. The van der Waals surface area contributed by atoms with Gasteiger partial charge in [-0.15, -0.1) is 0 Å². The second kappa shape index (κ2) is 5.43. The molecule has 0 bridgehead atoms. The fourth-order valence-corrected chi connectivity index (χ4v) is 3.10. The van der Waals surface area contributed by atoms with Crippen molar-refractivity contribution in [1.82, 2.24) is 4.98 Å². The number of pyridine rings is 1. The van der Waals surface area contributed by atoms with Crippen LogP contribution in [0.25, 0.3) is 0 Å². The molecule has 5 nitrogen and oxygen atoms in total. The minimum Gasteiger partial charge on any atom is -0.399 e. The maximum Gasteiger partial charge on any atom is 0.266 e. The third-order valence-electron chi connectivity index (χ3n) is 2.30. The molecule has 3 N–H and O–H groups in total. The molecule has 2 aromatic rings. The van der Waals surface area contributed by atoms with Crippen molar-refractivity contribution in [3.8, 4) is 0 Å². The lowest BCUT2D eigenvalue weighted by Crippen LogP contribution is -2.16. The lowest BCUT2D eigenvalue weighted by Gasteiger charge is -2.10. The highest BCUT2D eigenvalue weighted by atomic mass is 35.5. The molecule has 1 heterocycles. The Morgan fingerprint density at radius 3 is 2.60 bits per heavy atom. The van der Waals surface area contributed by atoms with E-state index in [1.807, 2.05) is 0 Å². The van der Waals surface area contributed by atoms with E-state index in [4.69, 9.17) is 28.9 Å². The molecule has 0 aliphatic carbocycles. The van der Waals surface area contributed by atoms with Crippen LogP contribution in [0.1, 0.15) is 0 Å². The van der Waals surface area contributed by atoms with Gasteiger partial charge in [-0.1, -0.05) is 23.2 Å². The number of benzene rings is 1. The molecule has 20 heavy (non-hydrogen) atoms. The lowest BCUT2D eigenvalue weighted by atomic mass is 10.3. The molecule has 0 radical (unpaired) electrons. The Balaban J connectivity index is 2.49. The van der Waals surface area contributed by atoms with Crippen LogP contribution < -0.4 is 10.5 Å². The van der Waals surface area contributed by atoms with E-state index < -0.39 is 25.8 Å². The van der Waals surface area contributed by atoms with Crippen LogP contribution in [-0.4, -0.2) is 13.4 Å². The second-order valence-corrected chi connectivity index (χ2v) is 6.22. The molecule has 0 saturated carbocycles. The highest BCUT2D eigenvalue weighted by Crippen LogP contribution is 2.28.